The summed E-state index contributed by atoms with van der Waals surface area (Å²) in [5.74, 6) is -2.72. The Labute approximate surface area is 573 Å². The molecule has 4 aliphatic heterocycles. The monoisotopic (exact) mass is 1360 g/mol. The van der Waals surface area contributed by atoms with Gasteiger partial charge in [0.25, 0.3) is 0 Å². The number of Topliss-reactive ketones (excluding diaryl/α,β-unsaturated/α-hetero) is 1. The van der Waals surface area contributed by atoms with E-state index in [1.54, 1.807) is 106 Å². The zero-order chi connectivity index (χ0) is 71.9. The van der Waals surface area contributed by atoms with Gasteiger partial charge in [-0.15, -0.1) is 22.4 Å². The van der Waals surface area contributed by atoms with E-state index in [1.165, 1.54) is 12.0 Å². The predicted molar refractivity (Wildman–Crippen MR) is 371 cm³/mol. The zero-order valence-electron chi connectivity index (χ0n) is 56.0. The van der Waals surface area contributed by atoms with Gasteiger partial charge in [0.15, 0.2) is 11.8 Å². The molecule has 6 aromatic carbocycles. The molecular formula is C74H87N6O17P. The van der Waals surface area contributed by atoms with Gasteiger partial charge in [0.1, 0.15) is 59.9 Å². The van der Waals surface area contributed by atoms with Crippen molar-refractivity contribution in [2.75, 3.05) is 53.2 Å². The van der Waals surface area contributed by atoms with Gasteiger partial charge in [-0.2, -0.15) is 0 Å². The molecule has 23 nitrogen and oxygen atoms in total. The standard InChI is InChI=1S/C18H23NO6.C17H17NO2.C12H11NO3.C12H13NO2.C8H9NO2.C7H14NO2P/c1-17(2,3)25-15(21)11-19-16(22)24-12-18(19,10-14(20)23-4)13-8-6-5-7-9-13;1-2-20-17(19)16(15-11-7-4-8-12-15)18-13-14-9-5-3-6-10-14;14-10-6-12(9-4-2-1-3-5-9)8-16-11(15)13(12)7-10;1-2-8-12(9-15-11(14)13-12)10-6-4-3-5-7-10;9-7(8(10)11)6-4-2-1-3-5-6;1-3-5-7(8,11)6(9)10-4-2/h5-9H,10-12H2,1-4H3;3-13,16H,2H2,1H3;1-5H,6-8H2;2-7H,1,8-9H2,(H,13,14);1-5,7H,9H2,(H,10,11);3H,1,4-5,8,11H2,2H3. The highest BCUT2D eigenvalue weighted by atomic mass is 31.0. The molecule has 98 heavy (non-hydrogen) atoms. The maximum absolute atomic E-state index is 12.3. The molecule has 7 unspecified atom stereocenters. The highest BCUT2D eigenvalue weighted by Gasteiger charge is 2.55. The van der Waals surface area contributed by atoms with E-state index in [2.05, 4.69) is 32.7 Å². The number of carbonyl (C=O) groups is 9. The van der Waals surface area contributed by atoms with Gasteiger partial charge in [-0.25, -0.2) is 24.0 Å². The zero-order valence-corrected chi connectivity index (χ0v) is 57.1. The van der Waals surface area contributed by atoms with Gasteiger partial charge in [-0.3, -0.25) is 34.0 Å². The number of nitrogens with one attached hydrogen (secondary N) is 1. The van der Waals surface area contributed by atoms with E-state index in [-0.39, 0.29) is 56.7 Å². The molecule has 7 atom stereocenters. The van der Waals surface area contributed by atoms with Crippen LogP contribution in [0.2, 0.25) is 0 Å². The topological polar surface area (TPSA) is 321 Å². The van der Waals surface area contributed by atoms with Crippen LogP contribution in [0.1, 0.15) is 106 Å². The number of aliphatic carboxylic acids is 1. The van der Waals surface area contributed by atoms with Crippen LogP contribution < -0.4 is 16.8 Å². The normalized spacial score (nSPS) is 19.1. The van der Waals surface area contributed by atoms with E-state index >= 15 is 0 Å². The van der Waals surface area contributed by atoms with E-state index in [0.29, 0.717) is 50.2 Å². The maximum atomic E-state index is 12.3. The number of esters is 4. The number of amides is 3. The molecule has 0 saturated carbocycles. The van der Waals surface area contributed by atoms with E-state index in [0.717, 1.165) is 22.3 Å². The SMILES string of the molecule is C=CCC(N)(P)C(=O)OCC.C=CCC1(c2ccccc2)COC(=O)N1.CCOC(=O)C(N=Cc1ccccc1)c1ccccc1.COC(=O)CC1(c2ccccc2)COC(=O)N1CC(=O)OC(C)(C)C.NC(C(=O)O)c1ccccc1.O=C1CN2C(=O)OCC2(c2ccccc2)C1. The van der Waals surface area contributed by atoms with Crippen LogP contribution in [0, 0.1) is 0 Å². The number of hydrogen-bond donors (Lipinski definition) is 4. The average molecular weight is 1360 g/mol. The fraction of sp³-hybridized carbons (Fsp3) is 0.324. The molecule has 4 saturated heterocycles. The van der Waals surface area contributed by atoms with Crippen LogP contribution in [0.25, 0.3) is 0 Å². The number of carboxylic acid groups (broad SMARTS) is 1. The van der Waals surface area contributed by atoms with Crippen molar-refractivity contribution >= 4 is 69.4 Å². The summed E-state index contributed by atoms with van der Waals surface area (Å²) in [5, 5.41) is 10.4. The summed E-state index contributed by atoms with van der Waals surface area (Å²) in [7, 11) is 3.53. The number of rotatable bonds is 20. The second kappa shape index (κ2) is 37.8. The fourth-order valence-electron chi connectivity index (χ4n) is 10.4. The number of benzene rings is 6. The van der Waals surface area contributed by atoms with Gasteiger partial charge in [-0.05, 0) is 80.8 Å². The summed E-state index contributed by atoms with van der Waals surface area (Å²) in [6.45, 7) is 17.1. The van der Waals surface area contributed by atoms with Crippen molar-refractivity contribution in [3.8, 4) is 0 Å². The van der Waals surface area contributed by atoms with Crippen LogP contribution in [-0.2, 0) is 78.5 Å². The summed E-state index contributed by atoms with van der Waals surface area (Å²) in [6, 6.07) is 54.8. The summed E-state index contributed by atoms with van der Waals surface area (Å²) in [6.07, 6.45) is 4.99. The number of hydrogen-bond acceptors (Lipinski definition) is 19. The number of fused-ring (bicyclic) bond motifs is 1. The minimum atomic E-state index is -1.11. The van der Waals surface area contributed by atoms with Crippen molar-refractivity contribution in [2.45, 2.75) is 99.9 Å². The summed E-state index contributed by atoms with van der Waals surface area (Å²) in [5.41, 5.74) is 13.3. The first kappa shape index (κ1) is 78.3. The lowest BCUT2D eigenvalue weighted by molar-refractivity contribution is -0.157. The molecule has 6 aromatic rings. The maximum Gasteiger partial charge on any atom is 0.411 e. The molecule has 6 N–H and O–H groups in total. The van der Waals surface area contributed by atoms with Crippen molar-refractivity contribution in [3.05, 3.63) is 241 Å². The molecule has 10 rings (SSSR count). The number of aliphatic imine (C=N–C) groups is 1. The summed E-state index contributed by atoms with van der Waals surface area (Å²) < 4.78 is 35.1. The Morgan fingerprint density at radius 3 is 1.68 bits per heavy atom. The van der Waals surface area contributed by atoms with Gasteiger partial charge in [0.2, 0.25) is 0 Å². The highest BCUT2D eigenvalue weighted by molar-refractivity contribution is 7.20. The third-order valence-corrected chi connectivity index (χ3v) is 15.6. The molecule has 0 aromatic heterocycles. The Morgan fingerprint density at radius 1 is 0.684 bits per heavy atom. The smallest absolute Gasteiger partial charge is 0.411 e. The molecule has 0 radical (unpaired) electrons. The Kier molecular flexibility index (Phi) is 30.2. The van der Waals surface area contributed by atoms with Gasteiger partial charge < -0.3 is 55.0 Å². The summed E-state index contributed by atoms with van der Waals surface area (Å²) in [4.78, 5) is 111. The molecular weight excluding hydrogens is 1280 g/mol. The van der Waals surface area contributed by atoms with Gasteiger partial charge in [-0.1, -0.05) is 194 Å². The Morgan fingerprint density at radius 2 is 1.19 bits per heavy atom. The van der Waals surface area contributed by atoms with Crippen LogP contribution in [0.5, 0.6) is 0 Å². The number of ether oxygens (including phenoxy) is 7. The molecule has 24 heteroatoms. The van der Waals surface area contributed by atoms with Gasteiger partial charge in [0, 0.05) is 12.6 Å². The van der Waals surface area contributed by atoms with Crippen LogP contribution in [0.4, 0.5) is 14.4 Å². The van der Waals surface area contributed by atoms with Crippen molar-refractivity contribution in [1.82, 2.24) is 15.1 Å². The van der Waals surface area contributed by atoms with E-state index in [1.807, 2.05) is 133 Å². The second-order valence-corrected chi connectivity index (χ2v) is 24.5. The highest BCUT2D eigenvalue weighted by Crippen LogP contribution is 2.42. The number of carboxylic acids is 1. The lowest BCUT2D eigenvalue weighted by atomic mass is 9.86. The first-order valence-corrected chi connectivity index (χ1v) is 31.9. The van der Waals surface area contributed by atoms with Crippen LogP contribution in [0.3, 0.4) is 0 Å². The third kappa shape index (κ3) is 22.6. The summed E-state index contributed by atoms with van der Waals surface area (Å²) >= 11 is 0. The first-order valence-electron chi connectivity index (χ1n) is 31.3. The van der Waals surface area contributed by atoms with Gasteiger partial charge in [0.05, 0.1) is 33.3 Å². The number of nitrogens with zero attached hydrogens (tertiary/aromatic N) is 3. The molecule has 0 bridgehead atoms. The van der Waals surface area contributed by atoms with Gasteiger partial charge >= 0.3 is 48.1 Å². The van der Waals surface area contributed by atoms with E-state index in [4.69, 9.17) is 49.7 Å². The third-order valence-electron chi connectivity index (χ3n) is 15.1. The minimum Gasteiger partial charge on any atom is -0.480 e. The molecule has 4 fully saturated rings. The Hall–Kier alpha value is -10.4. The lowest BCUT2D eigenvalue weighted by Crippen LogP contribution is -2.49. The van der Waals surface area contributed by atoms with Crippen molar-refractivity contribution in [1.29, 1.82) is 0 Å². The Bertz CT molecular complexity index is 3640. The molecule has 0 spiro atoms. The van der Waals surface area contributed by atoms with Crippen LogP contribution >= 0.6 is 9.24 Å². The number of ketones is 1. The molecule has 0 aliphatic carbocycles. The van der Waals surface area contributed by atoms with Crippen LogP contribution in [0.15, 0.2) is 212 Å². The van der Waals surface area contributed by atoms with Crippen molar-refractivity contribution in [2.24, 2.45) is 16.5 Å². The number of carbonyl (C=O) groups excluding carboxylic acids is 8. The van der Waals surface area contributed by atoms with E-state index in [9.17, 15) is 43.2 Å². The van der Waals surface area contributed by atoms with Crippen LogP contribution in [-0.4, -0.2) is 139 Å². The van der Waals surface area contributed by atoms with Crippen molar-refractivity contribution < 1.29 is 81.4 Å². The molecule has 4 aliphatic rings. The number of nitrogens with two attached hydrogens (primary N) is 2. The minimum absolute atomic E-state index is 0.0479. The predicted octanol–water partition coefficient (Wildman–Crippen LogP) is 10.6. The molecule has 520 valence electrons. The molecule has 3 amide bonds. The largest absolute Gasteiger partial charge is 0.480 e. The second-order valence-electron chi connectivity index (χ2n) is 23.5. The number of cyclic esters (lactones) is 3. The lowest BCUT2D eigenvalue weighted by Gasteiger charge is -2.35. The fourth-order valence-corrected chi connectivity index (χ4v) is 10.6. The number of methoxy groups -OCH3 is 1. The van der Waals surface area contributed by atoms with Crippen molar-refractivity contribution in [3.63, 3.8) is 0 Å². The molecule has 4 heterocycles. The Balaban J connectivity index is 0.000000217. The first-order chi connectivity index (χ1) is 46.7. The number of alkyl carbamates (subject to hydrolysis) is 1. The average Bonchev–Trinajstić information content (AvgIpc) is 1.60. The quantitative estimate of drug-likeness (QED) is 0.0181. The van der Waals surface area contributed by atoms with E-state index < -0.39 is 69.6 Å².